The van der Waals surface area contributed by atoms with E-state index in [1.165, 1.54) is 4.90 Å². The minimum absolute atomic E-state index is 0.140. The number of amides is 2. The number of hydrogen-bond acceptors (Lipinski definition) is 4. The Bertz CT molecular complexity index is 1070. The molecular formula is C21H24BrN3O4S. The minimum Gasteiger partial charge on any atom is -0.350 e. The quantitative estimate of drug-likeness (QED) is 0.692. The summed E-state index contributed by atoms with van der Waals surface area (Å²) in [5, 5.41) is 2.87. The van der Waals surface area contributed by atoms with Gasteiger partial charge in [-0.3, -0.25) is 14.5 Å². The van der Waals surface area contributed by atoms with Crippen molar-refractivity contribution in [3.8, 4) is 0 Å². The molecule has 2 amide bonds. The summed E-state index contributed by atoms with van der Waals surface area (Å²) in [6.07, 6.45) is 1.04. The number of halogens is 1. The van der Waals surface area contributed by atoms with Crippen LogP contribution in [0.15, 0.2) is 53.0 Å². The maximum atomic E-state index is 13.3. The first-order valence-electron chi connectivity index (χ1n) is 9.39. The maximum absolute atomic E-state index is 13.3. The summed E-state index contributed by atoms with van der Waals surface area (Å²) < 4.78 is 26.0. The van der Waals surface area contributed by atoms with Gasteiger partial charge < -0.3 is 5.32 Å². The highest BCUT2D eigenvalue weighted by molar-refractivity contribution is 9.10. The summed E-state index contributed by atoms with van der Waals surface area (Å²) in [4.78, 5) is 27.8. The molecule has 1 aliphatic heterocycles. The van der Waals surface area contributed by atoms with Crippen molar-refractivity contribution < 1.29 is 18.0 Å². The van der Waals surface area contributed by atoms with E-state index in [4.69, 9.17) is 0 Å². The van der Waals surface area contributed by atoms with Crippen LogP contribution in [0, 0.1) is 6.92 Å². The molecule has 0 aliphatic carbocycles. The second-order valence-corrected chi connectivity index (χ2v) is 10.5. The van der Waals surface area contributed by atoms with Crippen molar-refractivity contribution in [3.05, 3.63) is 64.1 Å². The van der Waals surface area contributed by atoms with Gasteiger partial charge in [-0.15, -0.1) is 0 Å². The van der Waals surface area contributed by atoms with Crippen LogP contribution in [0.4, 0.5) is 5.69 Å². The average Bonchev–Trinajstić information content (AvgIpc) is 2.67. The Labute approximate surface area is 185 Å². The van der Waals surface area contributed by atoms with Gasteiger partial charge in [0.25, 0.3) is 0 Å². The van der Waals surface area contributed by atoms with Crippen LogP contribution in [-0.2, 0) is 26.2 Å². The van der Waals surface area contributed by atoms with Crippen molar-refractivity contribution in [1.29, 1.82) is 0 Å². The fourth-order valence-electron chi connectivity index (χ4n) is 3.49. The van der Waals surface area contributed by atoms with Crippen molar-refractivity contribution in [2.24, 2.45) is 0 Å². The Morgan fingerprint density at radius 2 is 1.80 bits per heavy atom. The van der Waals surface area contributed by atoms with Crippen LogP contribution in [0.3, 0.4) is 0 Å². The van der Waals surface area contributed by atoms with Crippen LogP contribution in [-0.4, -0.2) is 49.4 Å². The smallest absolute Gasteiger partial charge is 0.247 e. The predicted molar refractivity (Wildman–Crippen MR) is 119 cm³/mol. The zero-order chi connectivity index (χ0) is 22.1. The van der Waals surface area contributed by atoms with E-state index in [1.807, 2.05) is 31.2 Å². The summed E-state index contributed by atoms with van der Waals surface area (Å²) >= 11 is 3.44. The van der Waals surface area contributed by atoms with Gasteiger partial charge in [0.05, 0.1) is 18.5 Å². The molecule has 2 aromatic carbocycles. The number of nitrogens with zero attached hydrogens (tertiary/aromatic N) is 2. The van der Waals surface area contributed by atoms with Crippen LogP contribution < -0.4 is 10.2 Å². The second kappa shape index (κ2) is 8.49. The molecule has 1 heterocycles. The Balaban J connectivity index is 1.96. The number of nitrogens with one attached hydrogen (secondary N) is 1. The Morgan fingerprint density at radius 1 is 1.17 bits per heavy atom. The number of para-hydroxylation sites is 1. The normalized spacial score (nSPS) is 20.3. The van der Waals surface area contributed by atoms with E-state index >= 15 is 0 Å². The van der Waals surface area contributed by atoms with E-state index in [0.29, 0.717) is 10.2 Å². The molecule has 0 radical (unpaired) electrons. The average molecular weight is 494 g/mol. The molecule has 30 heavy (non-hydrogen) atoms. The second-order valence-electron chi connectivity index (χ2n) is 7.65. The topological polar surface area (TPSA) is 86.8 Å². The SMILES string of the molecule is Cc1ccc(CNC(=O)C2(C)CN(S(C)(=O)=O)CC(=O)N2c2ccccc2Br)cc1. The first-order chi connectivity index (χ1) is 14.0. The van der Waals surface area contributed by atoms with Gasteiger partial charge in [0.15, 0.2) is 0 Å². The number of rotatable bonds is 5. The lowest BCUT2D eigenvalue weighted by Gasteiger charge is -2.46. The van der Waals surface area contributed by atoms with Crippen LogP contribution in [0.1, 0.15) is 18.1 Å². The van der Waals surface area contributed by atoms with E-state index in [1.54, 1.807) is 31.2 Å². The van der Waals surface area contributed by atoms with E-state index < -0.39 is 27.4 Å². The molecule has 0 aromatic heterocycles. The minimum atomic E-state index is -3.66. The van der Waals surface area contributed by atoms with Crippen molar-refractivity contribution in [1.82, 2.24) is 9.62 Å². The molecule has 0 saturated carbocycles. The van der Waals surface area contributed by atoms with Crippen molar-refractivity contribution >= 4 is 43.5 Å². The fourth-order valence-corrected chi connectivity index (χ4v) is 4.78. The first kappa shape index (κ1) is 22.5. The molecule has 1 aliphatic rings. The highest BCUT2D eigenvalue weighted by Gasteiger charge is 2.50. The highest BCUT2D eigenvalue weighted by Crippen LogP contribution is 2.35. The zero-order valence-corrected chi connectivity index (χ0v) is 19.5. The van der Waals surface area contributed by atoms with Gasteiger partial charge in [-0.2, -0.15) is 4.31 Å². The first-order valence-corrected chi connectivity index (χ1v) is 12.0. The standard InChI is InChI=1S/C21H24BrN3O4S/c1-15-8-10-16(11-9-15)12-23-20(27)21(2)14-24(30(3,28)29)13-19(26)25(21)18-7-5-4-6-17(18)22/h4-11H,12-14H2,1-3H3,(H,23,27). The number of piperazine rings is 1. The molecule has 0 spiro atoms. The third kappa shape index (κ3) is 4.58. The van der Waals surface area contributed by atoms with Crippen LogP contribution in [0.2, 0.25) is 0 Å². The Hall–Kier alpha value is -2.23. The van der Waals surface area contributed by atoms with Gasteiger partial charge in [0, 0.05) is 17.6 Å². The van der Waals surface area contributed by atoms with E-state index in [9.17, 15) is 18.0 Å². The van der Waals surface area contributed by atoms with Crippen LogP contribution in [0.25, 0.3) is 0 Å². The lowest BCUT2D eigenvalue weighted by molar-refractivity contribution is -0.133. The van der Waals surface area contributed by atoms with Gasteiger partial charge in [-0.25, -0.2) is 8.42 Å². The molecule has 0 bridgehead atoms. The molecular weight excluding hydrogens is 470 g/mol. The molecule has 1 N–H and O–H groups in total. The molecule has 1 fully saturated rings. The van der Waals surface area contributed by atoms with Gasteiger partial charge in [0.1, 0.15) is 5.54 Å². The van der Waals surface area contributed by atoms with Crippen LogP contribution >= 0.6 is 15.9 Å². The summed E-state index contributed by atoms with van der Waals surface area (Å²) in [7, 11) is -3.66. The molecule has 1 unspecified atom stereocenters. The Kier molecular flexibility index (Phi) is 6.35. The van der Waals surface area contributed by atoms with E-state index in [0.717, 1.165) is 21.7 Å². The number of hydrogen-bond donors (Lipinski definition) is 1. The number of aryl methyl sites for hydroxylation is 1. The molecule has 2 aromatic rings. The summed E-state index contributed by atoms with van der Waals surface area (Å²) in [5.74, 6) is -0.896. The van der Waals surface area contributed by atoms with E-state index in [2.05, 4.69) is 21.2 Å². The number of sulfonamides is 1. The lowest BCUT2D eigenvalue weighted by atomic mass is 9.94. The molecule has 1 saturated heterocycles. The van der Waals surface area contributed by atoms with Gasteiger partial charge in [-0.05, 0) is 47.5 Å². The van der Waals surface area contributed by atoms with Gasteiger partial charge in [-0.1, -0.05) is 42.0 Å². The molecule has 7 nitrogen and oxygen atoms in total. The monoisotopic (exact) mass is 493 g/mol. The number of anilines is 1. The van der Waals surface area contributed by atoms with Crippen molar-refractivity contribution in [3.63, 3.8) is 0 Å². The summed E-state index contributed by atoms with van der Waals surface area (Å²) in [6, 6.07) is 14.8. The summed E-state index contributed by atoms with van der Waals surface area (Å²) in [5.41, 5.74) is 1.11. The van der Waals surface area contributed by atoms with Crippen molar-refractivity contribution in [2.75, 3.05) is 24.2 Å². The zero-order valence-electron chi connectivity index (χ0n) is 17.1. The number of carbonyl (C=O) groups is 2. The molecule has 1 atom stereocenters. The predicted octanol–water partition coefficient (Wildman–Crippen LogP) is 2.44. The van der Waals surface area contributed by atoms with Gasteiger partial charge in [0.2, 0.25) is 21.8 Å². The fraction of sp³-hybridized carbons (Fsp3) is 0.333. The largest absolute Gasteiger partial charge is 0.350 e. The molecule has 160 valence electrons. The third-order valence-corrected chi connectivity index (χ3v) is 7.03. The van der Waals surface area contributed by atoms with Crippen LogP contribution in [0.5, 0.6) is 0 Å². The number of benzene rings is 2. The van der Waals surface area contributed by atoms with E-state index in [-0.39, 0.29) is 19.6 Å². The highest BCUT2D eigenvalue weighted by atomic mass is 79.9. The molecule has 3 rings (SSSR count). The maximum Gasteiger partial charge on any atom is 0.247 e. The molecule has 9 heteroatoms. The Morgan fingerprint density at radius 3 is 2.40 bits per heavy atom. The third-order valence-electron chi connectivity index (χ3n) is 5.16. The lowest BCUT2D eigenvalue weighted by Crippen LogP contribution is -2.70. The van der Waals surface area contributed by atoms with Crippen molar-refractivity contribution in [2.45, 2.75) is 25.9 Å². The summed E-state index contributed by atoms with van der Waals surface area (Å²) in [6.45, 7) is 3.38. The number of carbonyl (C=O) groups excluding carboxylic acids is 2. The van der Waals surface area contributed by atoms with Gasteiger partial charge >= 0.3 is 0 Å².